The van der Waals surface area contributed by atoms with Crippen molar-refractivity contribution in [2.45, 2.75) is 6.04 Å². The Balaban J connectivity index is 2.06. The summed E-state index contributed by atoms with van der Waals surface area (Å²) in [5.74, 6) is 0. The Bertz CT molecular complexity index is 368. The lowest BCUT2D eigenvalue weighted by Crippen LogP contribution is -2.50. The summed E-state index contributed by atoms with van der Waals surface area (Å²) >= 11 is 0. The maximum atomic E-state index is 11.5. The van der Waals surface area contributed by atoms with Crippen molar-refractivity contribution in [2.24, 2.45) is 0 Å². The first-order valence-corrected chi connectivity index (χ1v) is 9.97. The average Bonchev–Trinajstić information content (AvgIpc) is 2.54. The molecule has 2 aliphatic heterocycles. The molecule has 0 amide bonds. The van der Waals surface area contributed by atoms with Crippen LogP contribution in [0.4, 0.5) is 0 Å². The van der Waals surface area contributed by atoms with E-state index in [9.17, 15) is 14.4 Å². The van der Waals surface area contributed by atoms with Crippen molar-refractivity contribution >= 4 is 7.60 Å². The molecule has 2 fully saturated rings. The number of fused-ring (bicyclic) bond motifs is 3. The van der Waals surface area contributed by atoms with E-state index in [0.717, 1.165) is 65.4 Å². The first kappa shape index (κ1) is 18.3. The Kier molecular flexibility index (Phi) is 7.73. The zero-order valence-corrected chi connectivity index (χ0v) is 14.1. The standard InChI is InChI=1S/C13H30N5O3P/c19-22(20,21)12-13-11-16-2-1-14-3-6-17-7-4-15-5-8-18(13)10-9-17/h13-16H,1-12H2,(H2,19,20,21). The van der Waals surface area contributed by atoms with Gasteiger partial charge in [0.05, 0.1) is 6.16 Å². The van der Waals surface area contributed by atoms with Gasteiger partial charge in [0, 0.05) is 78.0 Å². The summed E-state index contributed by atoms with van der Waals surface area (Å²) in [6, 6.07) is -0.123. The summed E-state index contributed by atoms with van der Waals surface area (Å²) in [5, 5.41) is 10.2. The molecule has 2 bridgehead atoms. The molecule has 0 aromatic rings. The zero-order valence-electron chi connectivity index (χ0n) is 13.2. The van der Waals surface area contributed by atoms with E-state index in [-0.39, 0.29) is 12.2 Å². The molecule has 0 aliphatic carbocycles. The summed E-state index contributed by atoms with van der Waals surface area (Å²) in [4.78, 5) is 23.4. The number of rotatable bonds is 2. The minimum atomic E-state index is -4.01. The predicted molar refractivity (Wildman–Crippen MR) is 87.3 cm³/mol. The highest BCUT2D eigenvalue weighted by Gasteiger charge is 2.27. The van der Waals surface area contributed by atoms with Gasteiger partial charge < -0.3 is 25.7 Å². The van der Waals surface area contributed by atoms with Crippen LogP contribution in [0.25, 0.3) is 0 Å². The largest absolute Gasteiger partial charge is 0.327 e. The molecule has 2 rings (SSSR count). The van der Waals surface area contributed by atoms with E-state index in [1.165, 1.54) is 0 Å². The average molecular weight is 335 g/mol. The van der Waals surface area contributed by atoms with Crippen molar-refractivity contribution in [2.75, 3.05) is 78.2 Å². The lowest BCUT2D eigenvalue weighted by Gasteiger charge is -2.33. The van der Waals surface area contributed by atoms with Gasteiger partial charge in [0.1, 0.15) is 0 Å². The Morgan fingerprint density at radius 1 is 0.864 bits per heavy atom. The molecule has 9 heteroatoms. The minimum absolute atomic E-state index is 0.0760. The summed E-state index contributed by atoms with van der Waals surface area (Å²) in [5.41, 5.74) is 0. The highest BCUT2D eigenvalue weighted by atomic mass is 31.2. The number of nitrogens with one attached hydrogen (secondary N) is 3. The highest BCUT2D eigenvalue weighted by molar-refractivity contribution is 7.51. The third-order valence-corrected chi connectivity index (χ3v) is 5.21. The van der Waals surface area contributed by atoms with Crippen LogP contribution in [0.5, 0.6) is 0 Å². The quantitative estimate of drug-likeness (QED) is 0.367. The predicted octanol–water partition coefficient (Wildman–Crippen LogP) is -2.07. The van der Waals surface area contributed by atoms with Crippen LogP contribution >= 0.6 is 7.60 Å². The first-order valence-electron chi connectivity index (χ1n) is 8.18. The molecule has 2 saturated heterocycles. The van der Waals surface area contributed by atoms with E-state index < -0.39 is 7.60 Å². The fourth-order valence-electron chi connectivity index (χ4n) is 3.06. The molecular formula is C13H30N5O3P. The van der Waals surface area contributed by atoms with Gasteiger partial charge in [-0.05, 0) is 0 Å². The van der Waals surface area contributed by atoms with Crippen LogP contribution in [0.3, 0.4) is 0 Å². The second-order valence-corrected chi connectivity index (χ2v) is 7.78. The van der Waals surface area contributed by atoms with Gasteiger partial charge in [-0.2, -0.15) is 0 Å². The summed E-state index contributed by atoms with van der Waals surface area (Å²) < 4.78 is 11.5. The van der Waals surface area contributed by atoms with Gasteiger partial charge in [-0.25, -0.2) is 0 Å². The van der Waals surface area contributed by atoms with Gasteiger partial charge in [-0.3, -0.25) is 14.4 Å². The smallest absolute Gasteiger partial charge is 0.324 e. The molecule has 3 unspecified atom stereocenters. The topological polar surface area (TPSA) is 100 Å². The van der Waals surface area contributed by atoms with Crippen molar-refractivity contribution in [1.82, 2.24) is 25.8 Å². The Hall–Kier alpha value is -0.0500. The molecule has 8 nitrogen and oxygen atoms in total. The highest BCUT2D eigenvalue weighted by Crippen LogP contribution is 2.36. The van der Waals surface area contributed by atoms with Crippen LogP contribution < -0.4 is 16.0 Å². The third kappa shape index (κ3) is 7.02. The SMILES string of the molecule is O=P(O)(O)CC1CNCCNCCN2CCNCCN1CC2. The Labute approximate surface area is 132 Å². The van der Waals surface area contributed by atoms with Gasteiger partial charge >= 0.3 is 7.60 Å². The van der Waals surface area contributed by atoms with Crippen molar-refractivity contribution in [3.63, 3.8) is 0 Å². The van der Waals surface area contributed by atoms with Gasteiger partial charge in [0.15, 0.2) is 0 Å². The molecule has 0 spiro atoms. The molecule has 0 aromatic heterocycles. The monoisotopic (exact) mass is 335 g/mol. The van der Waals surface area contributed by atoms with Gasteiger partial charge in [0.25, 0.3) is 0 Å². The second-order valence-electron chi connectivity index (χ2n) is 6.08. The van der Waals surface area contributed by atoms with Crippen molar-refractivity contribution < 1.29 is 14.4 Å². The number of hydrogen-bond donors (Lipinski definition) is 5. The van der Waals surface area contributed by atoms with E-state index in [2.05, 4.69) is 25.8 Å². The fraction of sp³-hybridized carbons (Fsp3) is 1.00. The zero-order chi connectivity index (χ0) is 15.8. The van der Waals surface area contributed by atoms with E-state index in [1.807, 2.05) is 0 Å². The molecular weight excluding hydrogens is 305 g/mol. The lowest BCUT2D eigenvalue weighted by atomic mass is 10.2. The maximum Gasteiger partial charge on any atom is 0.327 e. The van der Waals surface area contributed by atoms with Crippen LogP contribution in [-0.4, -0.2) is 104 Å². The van der Waals surface area contributed by atoms with Crippen LogP contribution in [0.1, 0.15) is 0 Å². The Morgan fingerprint density at radius 2 is 1.50 bits per heavy atom. The molecule has 2 heterocycles. The molecule has 130 valence electrons. The summed E-state index contributed by atoms with van der Waals surface area (Å²) in [6.45, 7) is 9.81. The summed E-state index contributed by atoms with van der Waals surface area (Å²) in [6.07, 6.45) is -0.0760. The van der Waals surface area contributed by atoms with E-state index in [0.29, 0.717) is 6.54 Å². The molecule has 0 saturated carbocycles. The fourth-order valence-corrected chi connectivity index (χ4v) is 3.97. The van der Waals surface area contributed by atoms with E-state index >= 15 is 0 Å². The van der Waals surface area contributed by atoms with Crippen LogP contribution in [0.2, 0.25) is 0 Å². The van der Waals surface area contributed by atoms with Crippen molar-refractivity contribution in [1.29, 1.82) is 0 Å². The normalized spacial score (nSPS) is 33.1. The van der Waals surface area contributed by atoms with Crippen LogP contribution in [0, 0.1) is 0 Å². The van der Waals surface area contributed by atoms with Crippen molar-refractivity contribution in [3.8, 4) is 0 Å². The van der Waals surface area contributed by atoms with Crippen molar-refractivity contribution in [3.05, 3.63) is 0 Å². The third-order valence-electron chi connectivity index (χ3n) is 4.31. The summed E-state index contributed by atoms with van der Waals surface area (Å²) in [7, 11) is -4.01. The molecule has 5 N–H and O–H groups in total. The van der Waals surface area contributed by atoms with E-state index in [1.54, 1.807) is 0 Å². The molecule has 0 radical (unpaired) electrons. The molecule has 0 aromatic carbocycles. The number of nitrogens with zero attached hydrogens (tertiary/aromatic N) is 2. The number of hydrogen-bond acceptors (Lipinski definition) is 6. The van der Waals surface area contributed by atoms with Crippen LogP contribution in [0.15, 0.2) is 0 Å². The molecule has 22 heavy (non-hydrogen) atoms. The lowest BCUT2D eigenvalue weighted by molar-refractivity contribution is 0.173. The van der Waals surface area contributed by atoms with Gasteiger partial charge in [0.2, 0.25) is 0 Å². The maximum absolute atomic E-state index is 11.5. The van der Waals surface area contributed by atoms with Gasteiger partial charge in [-0.1, -0.05) is 0 Å². The van der Waals surface area contributed by atoms with Gasteiger partial charge in [-0.15, -0.1) is 0 Å². The molecule has 3 atom stereocenters. The second kappa shape index (κ2) is 9.30. The van der Waals surface area contributed by atoms with Crippen LogP contribution in [-0.2, 0) is 4.57 Å². The minimum Gasteiger partial charge on any atom is -0.324 e. The molecule has 2 aliphatic rings. The first-order chi connectivity index (χ1) is 10.5. The Morgan fingerprint density at radius 3 is 2.23 bits per heavy atom. The van der Waals surface area contributed by atoms with E-state index in [4.69, 9.17) is 0 Å².